The van der Waals surface area contributed by atoms with Crippen LogP contribution >= 0.6 is 0 Å². The lowest BCUT2D eigenvalue weighted by Gasteiger charge is -2.22. The highest BCUT2D eigenvalue weighted by Crippen LogP contribution is 2.34. The number of nitrogens with zero attached hydrogens (tertiary/aromatic N) is 1. The summed E-state index contributed by atoms with van der Waals surface area (Å²) < 4.78 is 10.6. The second-order valence-corrected chi connectivity index (χ2v) is 3.98. The van der Waals surface area contributed by atoms with Gasteiger partial charge in [0.25, 0.3) is 0 Å². The number of hydrogen-bond acceptors (Lipinski definition) is 4. The van der Waals surface area contributed by atoms with Crippen LogP contribution in [0.25, 0.3) is 0 Å². The molecule has 0 bridgehead atoms. The van der Waals surface area contributed by atoms with Crippen LogP contribution in [0, 0.1) is 0 Å². The number of pyridine rings is 1. The molecule has 0 amide bonds. The summed E-state index contributed by atoms with van der Waals surface area (Å²) in [6.07, 6.45) is 4.48. The molecule has 0 spiro atoms. The maximum Gasteiger partial charge on any atom is 0.221 e. The minimum Gasteiger partial charge on any atom is -0.481 e. The van der Waals surface area contributed by atoms with Crippen molar-refractivity contribution in [1.29, 1.82) is 0 Å². The van der Waals surface area contributed by atoms with Crippen LogP contribution in [0.15, 0.2) is 0 Å². The molecule has 0 aromatic carbocycles. The van der Waals surface area contributed by atoms with Gasteiger partial charge >= 0.3 is 0 Å². The van der Waals surface area contributed by atoms with E-state index in [1.54, 1.807) is 14.2 Å². The summed E-state index contributed by atoms with van der Waals surface area (Å²) in [7, 11) is 3.27. The second-order valence-electron chi connectivity index (χ2n) is 3.98. The smallest absolute Gasteiger partial charge is 0.221 e. The van der Waals surface area contributed by atoms with Crippen molar-refractivity contribution in [2.45, 2.75) is 32.2 Å². The molecular formula is C12H18N2O2. The second kappa shape index (κ2) is 4.70. The monoisotopic (exact) mass is 222 g/mol. The van der Waals surface area contributed by atoms with Gasteiger partial charge in [0.1, 0.15) is 0 Å². The molecule has 88 valence electrons. The minimum atomic E-state index is 0.475. The maximum atomic E-state index is 5.78. The molecule has 1 aliphatic rings. The highest BCUT2D eigenvalue weighted by Gasteiger charge is 2.22. The quantitative estimate of drug-likeness (QED) is 0.840. The fraction of sp³-hybridized carbons (Fsp3) is 0.583. The van der Waals surface area contributed by atoms with Crippen LogP contribution in [0.1, 0.15) is 29.5 Å². The van der Waals surface area contributed by atoms with Crippen molar-refractivity contribution < 1.29 is 9.47 Å². The van der Waals surface area contributed by atoms with E-state index in [4.69, 9.17) is 15.2 Å². The average molecular weight is 222 g/mol. The zero-order chi connectivity index (χ0) is 11.5. The number of nitrogens with two attached hydrogens (primary N) is 1. The van der Waals surface area contributed by atoms with Crippen molar-refractivity contribution in [1.82, 2.24) is 4.98 Å². The molecule has 1 aromatic heterocycles. The molecule has 2 rings (SSSR count). The van der Waals surface area contributed by atoms with Gasteiger partial charge in [-0.05, 0) is 31.2 Å². The van der Waals surface area contributed by atoms with E-state index in [1.165, 1.54) is 24.0 Å². The molecule has 0 fully saturated rings. The molecule has 0 saturated carbocycles. The third kappa shape index (κ3) is 1.73. The van der Waals surface area contributed by atoms with Crippen LogP contribution in [-0.4, -0.2) is 19.2 Å². The summed E-state index contributed by atoms with van der Waals surface area (Å²) in [5.41, 5.74) is 9.33. The molecule has 0 atom stereocenters. The van der Waals surface area contributed by atoms with Gasteiger partial charge in [0.2, 0.25) is 11.8 Å². The Morgan fingerprint density at radius 3 is 2.25 bits per heavy atom. The Morgan fingerprint density at radius 1 is 1.06 bits per heavy atom. The lowest BCUT2D eigenvalue weighted by atomic mass is 9.89. The molecule has 16 heavy (non-hydrogen) atoms. The Hall–Kier alpha value is -1.29. The highest BCUT2D eigenvalue weighted by atomic mass is 16.5. The van der Waals surface area contributed by atoms with E-state index < -0.39 is 0 Å². The first-order valence-corrected chi connectivity index (χ1v) is 5.64. The van der Waals surface area contributed by atoms with Gasteiger partial charge in [-0.1, -0.05) is 0 Å². The van der Waals surface area contributed by atoms with Crippen LogP contribution in [0.5, 0.6) is 11.8 Å². The molecular weight excluding hydrogens is 204 g/mol. The van der Waals surface area contributed by atoms with E-state index in [0.717, 1.165) is 18.4 Å². The zero-order valence-corrected chi connectivity index (χ0v) is 9.88. The van der Waals surface area contributed by atoms with Gasteiger partial charge in [0.15, 0.2) is 0 Å². The average Bonchev–Trinajstić information content (AvgIpc) is 2.36. The number of hydrogen-bond donors (Lipinski definition) is 1. The molecule has 4 heteroatoms. The van der Waals surface area contributed by atoms with Gasteiger partial charge in [-0.3, -0.25) is 0 Å². The third-order valence-electron chi connectivity index (χ3n) is 3.14. The Morgan fingerprint density at radius 2 is 1.69 bits per heavy atom. The molecule has 0 saturated heterocycles. The number of aromatic nitrogens is 1. The Bertz CT molecular complexity index is 369. The topological polar surface area (TPSA) is 57.4 Å². The largest absolute Gasteiger partial charge is 0.481 e. The first-order valence-electron chi connectivity index (χ1n) is 5.64. The van der Waals surface area contributed by atoms with Gasteiger partial charge in [0, 0.05) is 17.7 Å². The highest BCUT2D eigenvalue weighted by molar-refractivity contribution is 5.47. The van der Waals surface area contributed by atoms with E-state index in [-0.39, 0.29) is 0 Å². The number of fused-ring (bicyclic) bond motifs is 1. The van der Waals surface area contributed by atoms with Gasteiger partial charge in [0.05, 0.1) is 14.2 Å². The van der Waals surface area contributed by atoms with Crippen molar-refractivity contribution in [3.05, 3.63) is 16.7 Å². The Balaban J connectivity index is 2.60. The van der Waals surface area contributed by atoms with Crippen molar-refractivity contribution in [2.75, 3.05) is 14.2 Å². The fourth-order valence-corrected chi connectivity index (χ4v) is 2.38. The van der Waals surface area contributed by atoms with E-state index in [2.05, 4.69) is 4.98 Å². The minimum absolute atomic E-state index is 0.475. The van der Waals surface area contributed by atoms with Crippen molar-refractivity contribution in [2.24, 2.45) is 5.73 Å². The van der Waals surface area contributed by atoms with E-state index in [9.17, 15) is 0 Å². The number of methoxy groups -OCH3 is 2. The molecule has 1 aromatic rings. The van der Waals surface area contributed by atoms with E-state index >= 15 is 0 Å². The molecule has 1 aliphatic carbocycles. The van der Waals surface area contributed by atoms with Crippen LogP contribution < -0.4 is 15.2 Å². The summed E-state index contributed by atoms with van der Waals surface area (Å²) in [4.78, 5) is 4.37. The summed E-state index contributed by atoms with van der Waals surface area (Å²) in [5.74, 6) is 1.31. The van der Waals surface area contributed by atoms with Crippen LogP contribution in [0.3, 0.4) is 0 Å². The van der Waals surface area contributed by atoms with Gasteiger partial charge in [-0.15, -0.1) is 0 Å². The summed E-state index contributed by atoms with van der Waals surface area (Å²) >= 11 is 0. The first-order chi connectivity index (χ1) is 7.81. The van der Waals surface area contributed by atoms with Crippen molar-refractivity contribution >= 4 is 0 Å². The van der Waals surface area contributed by atoms with Crippen LogP contribution in [0.4, 0.5) is 0 Å². The number of ether oxygens (including phenoxy) is 2. The first kappa shape index (κ1) is 11.2. The molecule has 1 heterocycles. The lowest BCUT2D eigenvalue weighted by molar-refractivity contribution is 0.354. The van der Waals surface area contributed by atoms with E-state index in [1.807, 2.05) is 0 Å². The molecule has 2 N–H and O–H groups in total. The summed E-state index contributed by atoms with van der Waals surface area (Å²) in [5, 5.41) is 0. The zero-order valence-electron chi connectivity index (χ0n) is 9.88. The molecule has 4 nitrogen and oxygen atoms in total. The van der Waals surface area contributed by atoms with Crippen LogP contribution in [0.2, 0.25) is 0 Å². The fourth-order valence-electron chi connectivity index (χ4n) is 2.38. The predicted octanol–water partition coefficient (Wildman–Crippen LogP) is 1.44. The molecule has 0 radical (unpaired) electrons. The van der Waals surface area contributed by atoms with Crippen molar-refractivity contribution in [3.8, 4) is 11.8 Å². The third-order valence-corrected chi connectivity index (χ3v) is 3.14. The van der Waals surface area contributed by atoms with Gasteiger partial charge < -0.3 is 15.2 Å². The summed E-state index contributed by atoms with van der Waals surface area (Å²) in [6, 6.07) is 0. The number of rotatable bonds is 3. The van der Waals surface area contributed by atoms with Crippen molar-refractivity contribution in [3.63, 3.8) is 0 Å². The normalized spacial score (nSPS) is 14.4. The van der Waals surface area contributed by atoms with Gasteiger partial charge in [-0.25, -0.2) is 0 Å². The van der Waals surface area contributed by atoms with Gasteiger partial charge in [-0.2, -0.15) is 4.98 Å². The summed E-state index contributed by atoms with van der Waals surface area (Å²) in [6.45, 7) is 0.475. The predicted molar refractivity (Wildman–Crippen MR) is 61.9 cm³/mol. The molecule has 0 unspecified atom stereocenters. The molecule has 0 aliphatic heterocycles. The lowest BCUT2D eigenvalue weighted by Crippen LogP contribution is -2.14. The standard InChI is InChI=1S/C12H18N2O2/c1-15-11-9-6-4-3-5-8(9)10(7-13)12(14-11)16-2/h3-7,13H2,1-2H3. The maximum absolute atomic E-state index is 5.78. The van der Waals surface area contributed by atoms with Crippen LogP contribution in [-0.2, 0) is 19.4 Å². The Labute approximate surface area is 95.8 Å². The SMILES string of the molecule is COc1nc(OC)c2c(c1CN)CCCC2. The van der Waals surface area contributed by atoms with E-state index in [0.29, 0.717) is 18.3 Å². The Kier molecular flexibility index (Phi) is 3.29.